The lowest BCUT2D eigenvalue weighted by molar-refractivity contribution is 0.0341. The number of benzene rings is 1. The number of nitrogens with zero attached hydrogens (tertiary/aromatic N) is 4. The third-order valence-corrected chi connectivity index (χ3v) is 5.82. The highest BCUT2D eigenvalue weighted by molar-refractivity contribution is 14.0. The first-order valence-electron chi connectivity index (χ1n) is 11.0. The molecule has 2 heterocycles. The van der Waals surface area contributed by atoms with Gasteiger partial charge in [0.1, 0.15) is 0 Å². The zero-order chi connectivity index (χ0) is 20.3. The molecule has 0 aromatic heterocycles. The maximum absolute atomic E-state index is 5.47. The van der Waals surface area contributed by atoms with E-state index in [0.29, 0.717) is 0 Å². The van der Waals surface area contributed by atoms with E-state index in [2.05, 4.69) is 61.6 Å². The Morgan fingerprint density at radius 2 is 1.73 bits per heavy atom. The van der Waals surface area contributed by atoms with Gasteiger partial charge >= 0.3 is 0 Å². The molecule has 7 nitrogen and oxygen atoms in total. The molecule has 0 saturated carbocycles. The van der Waals surface area contributed by atoms with Crippen LogP contribution in [0.3, 0.4) is 0 Å². The first-order valence-corrected chi connectivity index (χ1v) is 11.0. The number of hydrogen-bond acceptors (Lipinski definition) is 5. The summed E-state index contributed by atoms with van der Waals surface area (Å²) in [6.45, 7) is 12.1. The molecule has 0 radical (unpaired) electrons. The predicted molar refractivity (Wildman–Crippen MR) is 135 cm³/mol. The minimum absolute atomic E-state index is 0. The molecule has 8 heteroatoms. The fraction of sp³-hybridized carbons (Fsp3) is 0.682. The summed E-state index contributed by atoms with van der Waals surface area (Å²) in [5, 5.41) is 6.97. The molecule has 2 aliphatic rings. The number of likely N-dealkylation sites (N-methyl/N-ethyl adjacent to an activating group) is 1. The summed E-state index contributed by atoms with van der Waals surface area (Å²) in [6.07, 6.45) is 1.25. The molecule has 0 spiro atoms. The van der Waals surface area contributed by atoms with E-state index >= 15 is 0 Å². The van der Waals surface area contributed by atoms with Crippen LogP contribution in [0, 0.1) is 0 Å². The van der Waals surface area contributed by atoms with Crippen molar-refractivity contribution < 1.29 is 4.74 Å². The highest BCUT2D eigenvalue weighted by Crippen LogP contribution is 2.13. The maximum Gasteiger partial charge on any atom is 0.191 e. The van der Waals surface area contributed by atoms with Crippen molar-refractivity contribution in [3.05, 3.63) is 35.4 Å². The van der Waals surface area contributed by atoms with Crippen LogP contribution in [0.1, 0.15) is 17.5 Å². The van der Waals surface area contributed by atoms with Crippen molar-refractivity contribution in [2.45, 2.75) is 19.5 Å². The van der Waals surface area contributed by atoms with Gasteiger partial charge in [0, 0.05) is 59.4 Å². The first-order chi connectivity index (χ1) is 14.2. The van der Waals surface area contributed by atoms with Gasteiger partial charge < -0.3 is 25.2 Å². The van der Waals surface area contributed by atoms with Gasteiger partial charge in [0.2, 0.25) is 0 Å². The molecule has 2 aliphatic heterocycles. The van der Waals surface area contributed by atoms with Crippen LogP contribution in [0.25, 0.3) is 0 Å². The molecule has 1 aromatic rings. The molecule has 30 heavy (non-hydrogen) atoms. The number of halogens is 1. The van der Waals surface area contributed by atoms with Gasteiger partial charge in [-0.3, -0.25) is 9.89 Å². The summed E-state index contributed by atoms with van der Waals surface area (Å²) < 4.78 is 5.47. The Morgan fingerprint density at radius 3 is 2.50 bits per heavy atom. The summed E-state index contributed by atoms with van der Waals surface area (Å²) in [6, 6.07) is 8.69. The molecular formula is C22H39IN6O. The number of nitrogens with one attached hydrogen (secondary N) is 2. The predicted octanol–water partition coefficient (Wildman–Crippen LogP) is 1.44. The van der Waals surface area contributed by atoms with Crippen LogP contribution in [0.15, 0.2) is 29.3 Å². The van der Waals surface area contributed by atoms with Crippen LogP contribution in [0.4, 0.5) is 0 Å². The number of guanidine groups is 1. The summed E-state index contributed by atoms with van der Waals surface area (Å²) in [5.74, 6) is 0.873. The number of rotatable bonds is 7. The highest BCUT2D eigenvalue weighted by atomic mass is 127. The van der Waals surface area contributed by atoms with Crippen LogP contribution in [-0.4, -0.2) is 100 Å². The van der Waals surface area contributed by atoms with Crippen molar-refractivity contribution in [1.82, 2.24) is 25.3 Å². The van der Waals surface area contributed by atoms with Crippen LogP contribution in [0.5, 0.6) is 0 Å². The molecule has 2 saturated heterocycles. The molecule has 0 unspecified atom stereocenters. The minimum Gasteiger partial charge on any atom is -0.379 e. The number of hydrogen-bond donors (Lipinski definition) is 2. The third-order valence-electron chi connectivity index (χ3n) is 5.82. The SMILES string of the molecule is CN=C(NCCN1CCCN(C)CC1)NCc1ccccc1CN1CCOCC1.I. The lowest BCUT2D eigenvalue weighted by Crippen LogP contribution is -2.42. The highest BCUT2D eigenvalue weighted by Gasteiger charge is 2.13. The van der Waals surface area contributed by atoms with E-state index in [9.17, 15) is 0 Å². The van der Waals surface area contributed by atoms with E-state index in [4.69, 9.17) is 4.74 Å². The molecule has 0 bridgehead atoms. The van der Waals surface area contributed by atoms with Gasteiger partial charge in [-0.05, 0) is 37.7 Å². The Bertz CT molecular complexity index is 638. The van der Waals surface area contributed by atoms with E-state index in [-0.39, 0.29) is 24.0 Å². The van der Waals surface area contributed by atoms with Crippen LogP contribution >= 0.6 is 24.0 Å². The van der Waals surface area contributed by atoms with Gasteiger partial charge in [-0.1, -0.05) is 24.3 Å². The van der Waals surface area contributed by atoms with Gasteiger partial charge in [-0.25, -0.2) is 0 Å². The normalized spacial score (nSPS) is 19.7. The topological polar surface area (TPSA) is 55.4 Å². The Kier molecular flexibility index (Phi) is 12.0. The van der Waals surface area contributed by atoms with Crippen molar-refractivity contribution >= 4 is 29.9 Å². The van der Waals surface area contributed by atoms with Gasteiger partial charge in [-0.15, -0.1) is 24.0 Å². The second kappa shape index (κ2) is 14.2. The van der Waals surface area contributed by atoms with Crippen molar-refractivity contribution in [2.75, 3.05) is 79.7 Å². The smallest absolute Gasteiger partial charge is 0.191 e. The molecule has 0 aliphatic carbocycles. The molecule has 2 fully saturated rings. The van der Waals surface area contributed by atoms with Crippen LogP contribution < -0.4 is 10.6 Å². The van der Waals surface area contributed by atoms with Crippen molar-refractivity contribution in [3.8, 4) is 0 Å². The van der Waals surface area contributed by atoms with Gasteiger partial charge in [-0.2, -0.15) is 0 Å². The zero-order valence-electron chi connectivity index (χ0n) is 18.6. The molecule has 2 N–H and O–H groups in total. The van der Waals surface area contributed by atoms with Crippen molar-refractivity contribution in [2.24, 2.45) is 4.99 Å². The second-order valence-corrected chi connectivity index (χ2v) is 8.01. The van der Waals surface area contributed by atoms with E-state index in [1.54, 1.807) is 0 Å². The minimum atomic E-state index is 0. The fourth-order valence-electron chi connectivity index (χ4n) is 3.94. The zero-order valence-corrected chi connectivity index (χ0v) is 20.9. The van der Waals surface area contributed by atoms with E-state index in [0.717, 1.165) is 71.5 Å². The quantitative estimate of drug-likeness (QED) is 0.316. The summed E-state index contributed by atoms with van der Waals surface area (Å²) in [4.78, 5) is 11.8. The monoisotopic (exact) mass is 530 g/mol. The van der Waals surface area contributed by atoms with E-state index < -0.39 is 0 Å². The Labute approximate surface area is 199 Å². The van der Waals surface area contributed by atoms with E-state index in [1.165, 1.54) is 30.6 Å². The summed E-state index contributed by atoms with van der Waals surface area (Å²) in [5.41, 5.74) is 2.71. The van der Waals surface area contributed by atoms with Gasteiger partial charge in [0.25, 0.3) is 0 Å². The van der Waals surface area contributed by atoms with Gasteiger partial charge in [0.05, 0.1) is 13.2 Å². The third kappa shape index (κ3) is 8.66. The molecule has 3 rings (SSSR count). The maximum atomic E-state index is 5.47. The number of morpholine rings is 1. The molecule has 1 aromatic carbocycles. The average molecular weight is 530 g/mol. The van der Waals surface area contributed by atoms with Crippen LogP contribution in [-0.2, 0) is 17.8 Å². The number of aliphatic imine (C=N–C) groups is 1. The second-order valence-electron chi connectivity index (χ2n) is 8.01. The van der Waals surface area contributed by atoms with E-state index in [1.807, 2.05) is 7.05 Å². The van der Waals surface area contributed by atoms with Crippen LogP contribution in [0.2, 0.25) is 0 Å². The molecular weight excluding hydrogens is 491 g/mol. The molecule has 0 atom stereocenters. The standard InChI is InChI=1S/C22H38N6O.HI/c1-23-22(24-8-11-27-10-5-9-26(2)12-13-27)25-18-20-6-3-4-7-21(20)19-28-14-16-29-17-15-28;/h3-4,6-7H,5,8-19H2,1-2H3,(H2,23,24,25);1H. The summed E-state index contributed by atoms with van der Waals surface area (Å²) >= 11 is 0. The Balaban J connectivity index is 0.00000320. The summed E-state index contributed by atoms with van der Waals surface area (Å²) in [7, 11) is 4.06. The lowest BCUT2D eigenvalue weighted by Gasteiger charge is -2.27. The first kappa shape index (κ1) is 25.3. The largest absolute Gasteiger partial charge is 0.379 e. The van der Waals surface area contributed by atoms with Crippen molar-refractivity contribution in [1.29, 1.82) is 0 Å². The Hall–Kier alpha value is -0.940. The lowest BCUT2D eigenvalue weighted by atomic mass is 10.1. The van der Waals surface area contributed by atoms with Crippen molar-refractivity contribution in [3.63, 3.8) is 0 Å². The molecule has 0 amide bonds. The molecule has 170 valence electrons. The fourth-order valence-corrected chi connectivity index (χ4v) is 3.94. The number of ether oxygens (including phenoxy) is 1. The van der Waals surface area contributed by atoms with Gasteiger partial charge in [0.15, 0.2) is 5.96 Å². The average Bonchev–Trinajstić information content (AvgIpc) is 2.96. The Morgan fingerprint density at radius 1 is 0.967 bits per heavy atom.